The molecule has 1 aliphatic heterocycles. The Morgan fingerprint density at radius 1 is 1.16 bits per heavy atom. The minimum atomic E-state index is 0.0421. The van der Waals surface area contributed by atoms with Gasteiger partial charge in [-0.25, -0.2) is 4.98 Å². The van der Waals surface area contributed by atoms with Crippen LogP contribution in [0.4, 0.5) is 0 Å². The van der Waals surface area contributed by atoms with Crippen LogP contribution in [0.15, 0.2) is 41.6 Å². The molecule has 25 heavy (non-hydrogen) atoms. The standard InChI is InChI=1S/C19H22N4O2/c1-14-9-16(11-21(2)19(14)24)15-3-4-18-20-10-17(23(18)12-15)13-22-5-7-25-8-6-22/h3-4,9-12H,5-8,13H2,1-2H3. The van der Waals surface area contributed by atoms with E-state index in [1.165, 1.54) is 5.69 Å². The zero-order valence-electron chi connectivity index (χ0n) is 14.6. The molecule has 0 N–H and O–H groups in total. The predicted octanol–water partition coefficient (Wildman–Crippen LogP) is 1.84. The number of morpholine rings is 1. The highest BCUT2D eigenvalue weighted by atomic mass is 16.5. The van der Waals surface area contributed by atoms with Crippen molar-refractivity contribution in [3.63, 3.8) is 0 Å². The van der Waals surface area contributed by atoms with E-state index in [0.29, 0.717) is 0 Å². The molecule has 0 atom stereocenters. The molecule has 0 radical (unpaired) electrons. The average molecular weight is 338 g/mol. The molecule has 0 saturated carbocycles. The Morgan fingerprint density at radius 3 is 2.72 bits per heavy atom. The van der Waals surface area contributed by atoms with Gasteiger partial charge in [0.15, 0.2) is 0 Å². The topological polar surface area (TPSA) is 51.8 Å². The quantitative estimate of drug-likeness (QED) is 0.731. The number of pyridine rings is 2. The second kappa shape index (κ2) is 6.46. The van der Waals surface area contributed by atoms with Crippen molar-refractivity contribution < 1.29 is 4.74 Å². The smallest absolute Gasteiger partial charge is 0.253 e. The number of aromatic nitrogens is 3. The number of ether oxygens (including phenoxy) is 1. The summed E-state index contributed by atoms with van der Waals surface area (Å²) in [5.74, 6) is 0. The molecule has 0 spiro atoms. The van der Waals surface area contributed by atoms with E-state index >= 15 is 0 Å². The average Bonchev–Trinajstić information content (AvgIpc) is 3.02. The van der Waals surface area contributed by atoms with Crippen LogP contribution < -0.4 is 5.56 Å². The summed E-state index contributed by atoms with van der Waals surface area (Å²) in [6.07, 6.45) is 5.94. The molecule has 0 aromatic carbocycles. The van der Waals surface area contributed by atoms with E-state index < -0.39 is 0 Å². The molecule has 6 heteroatoms. The minimum Gasteiger partial charge on any atom is -0.379 e. The predicted molar refractivity (Wildman–Crippen MR) is 96.7 cm³/mol. The zero-order valence-corrected chi connectivity index (χ0v) is 14.6. The van der Waals surface area contributed by atoms with Gasteiger partial charge in [-0.15, -0.1) is 0 Å². The van der Waals surface area contributed by atoms with E-state index in [-0.39, 0.29) is 5.56 Å². The molecule has 4 heterocycles. The fraction of sp³-hybridized carbons (Fsp3) is 0.368. The summed E-state index contributed by atoms with van der Waals surface area (Å²) in [5, 5.41) is 0. The van der Waals surface area contributed by atoms with Gasteiger partial charge < -0.3 is 13.7 Å². The minimum absolute atomic E-state index is 0.0421. The second-order valence-electron chi connectivity index (χ2n) is 6.61. The van der Waals surface area contributed by atoms with Crippen LogP contribution in [0, 0.1) is 6.92 Å². The lowest BCUT2D eigenvalue weighted by Gasteiger charge is -2.26. The van der Waals surface area contributed by atoms with Crippen LogP contribution in [0.5, 0.6) is 0 Å². The third-order valence-electron chi connectivity index (χ3n) is 4.77. The van der Waals surface area contributed by atoms with Crippen LogP contribution in [-0.2, 0) is 18.3 Å². The lowest BCUT2D eigenvalue weighted by Crippen LogP contribution is -2.35. The molecule has 3 aromatic heterocycles. The molecular formula is C19H22N4O2. The SMILES string of the molecule is Cc1cc(-c2ccc3ncc(CN4CCOCC4)n3c2)cn(C)c1=O. The number of fused-ring (bicyclic) bond motifs is 1. The van der Waals surface area contributed by atoms with Gasteiger partial charge in [0.2, 0.25) is 0 Å². The number of nitrogens with zero attached hydrogens (tertiary/aromatic N) is 4. The van der Waals surface area contributed by atoms with E-state index in [1.807, 2.05) is 31.5 Å². The first-order valence-electron chi connectivity index (χ1n) is 8.55. The second-order valence-corrected chi connectivity index (χ2v) is 6.61. The zero-order chi connectivity index (χ0) is 17.4. The van der Waals surface area contributed by atoms with Crippen molar-refractivity contribution >= 4 is 5.65 Å². The molecule has 0 bridgehead atoms. The molecule has 0 aliphatic carbocycles. The maximum absolute atomic E-state index is 11.9. The van der Waals surface area contributed by atoms with E-state index in [1.54, 1.807) is 11.6 Å². The molecule has 0 amide bonds. The molecule has 6 nitrogen and oxygen atoms in total. The van der Waals surface area contributed by atoms with Crippen LogP contribution in [0.3, 0.4) is 0 Å². The van der Waals surface area contributed by atoms with Gasteiger partial charge in [-0.2, -0.15) is 0 Å². The van der Waals surface area contributed by atoms with Crippen molar-refractivity contribution in [3.05, 3.63) is 58.4 Å². The number of hydrogen-bond donors (Lipinski definition) is 0. The first-order valence-corrected chi connectivity index (χ1v) is 8.55. The van der Waals surface area contributed by atoms with Crippen molar-refractivity contribution in [2.24, 2.45) is 7.05 Å². The number of rotatable bonds is 3. The third kappa shape index (κ3) is 3.10. The lowest BCUT2D eigenvalue weighted by atomic mass is 10.1. The van der Waals surface area contributed by atoms with E-state index in [2.05, 4.69) is 26.5 Å². The Balaban J connectivity index is 1.72. The largest absolute Gasteiger partial charge is 0.379 e. The first kappa shape index (κ1) is 16.1. The monoisotopic (exact) mass is 338 g/mol. The Hall–Kier alpha value is -2.44. The molecule has 1 fully saturated rings. The number of hydrogen-bond acceptors (Lipinski definition) is 4. The fourth-order valence-electron chi connectivity index (χ4n) is 3.34. The van der Waals surface area contributed by atoms with Crippen LogP contribution in [-0.4, -0.2) is 45.2 Å². The van der Waals surface area contributed by atoms with Gasteiger partial charge in [0.25, 0.3) is 5.56 Å². The van der Waals surface area contributed by atoms with Crippen LogP contribution in [0.25, 0.3) is 16.8 Å². The third-order valence-corrected chi connectivity index (χ3v) is 4.77. The molecule has 130 valence electrons. The Morgan fingerprint density at radius 2 is 1.96 bits per heavy atom. The molecule has 3 aromatic rings. The summed E-state index contributed by atoms with van der Waals surface area (Å²) in [6, 6.07) is 6.03. The summed E-state index contributed by atoms with van der Waals surface area (Å²) >= 11 is 0. The van der Waals surface area contributed by atoms with Crippen molar-refractivity contribution in [1.82, 2.24) is 18.9 Å². The Labute approximate surface area is 146 Å². The number of imidazole rings is 1. The van der Waals surface area contributed by atoms with Gasteiger partial charge in [0.1, 0.15) is 5.65 Å². The van der Waals surface area contributed by atoms with Crippen LogP contribution >= 0.6 is 0 Å². The van der Waals surface area contributed by atoms with Crippen molar-refractivity contribution in [2.45, 2.75) is 13.5 Å². The van der Waals surface area contributed by atoms with E-state index in [9.17, 15) is 4.79 Å². The fourth-order valence-corrected chi connectivity index (χ4v) is 3.34. The Bertz CT molecular complexity index is 941. The van der Waals surface area contributed by atoms with Crippen LogP contribution in [0.1, 0.15) is 11.3 Å². The molecule has 1 aliphatic rings. The van der Waals surface area contributed by atoms with Crippen molar-refractivity contribution in [1.29, 1.82) is 0 Å². The Kier molecular flexibility index (Phi) is 4.15. The summed E-state index contributed by atoms with van der Waals surface area (Å²) in [4.78, 5) is 18.8. The lowest BCUT2D eigenvalue weighted by molar-refractivity contribution is 0.0335. The highest BCUT2D eigenvalue weighted by Crippen LogP contribution is 2.21. The van der Waals surface area contributed by atoms with Crippen LogP contribution in [0.2, 0.25) is 0 Å². The van der Waals surface area contributed by atoms with Gasteiger partial charge in [0.05, 0.1) is 25.1 Å². The summed E-state index contributed by atoms with van der Waals surface area (Å²) in [5.41, 5.74) is 5.01. The van der Waals surface area contributed by atoms with E-state index in [0.717, 1.165) is 55.2 Å². The maximum atomic E-state index is 11.9. The summed E-state index contributed by atoms with van der Waals surface area (Å²) in [7, 11) is 1.79. The first-order chi connectivity index (χ1) is 12.1. The van der Waals surface area contributed by atoms with Gasteiger partial charge in [0, 0.05) is 44.6 Å². The van der Waals surface area contributed by atoms with Crippen molar-refractivity contribution in [3.8, 4) is 11.1 Å². The molecule has 4 rings (SSSR count). The van der Waals surface area contributed by atoms with Crippen molar-refractivity contribution in [2.75, 3.05) is 26.3 Å². The molecule has 1 saturated heterocycles. The molecular weight excluding hydrogens is 316 g/mol. The van der Waals surface area contributed by atoms with Gasteiger partial charge in [-0.1, -0.05) is 0 Å². The highest BCUT2D eigenvalue weighted by Gasteiger charge is 2.14. The van der Waals surface area contributed by atoms with Gasteiger partial charge in [-0.3, -0.25) is 9.69 Å². The van der Waals surface area contributed by atoms with E-state index in [4.69, 9.17) is 4.74 Å². The summed E-state index contributed by atoms with van der Waals surface area (Å²) < 4.78 is 9.20. The number of aryl methyl sites for hydroxylation is 2. The van der Waals surface area contributed by atoms with Gasteiger partial charge >= 0.3 is 0 Å². The highest BCUT2D eigenvalue weighted by molar-refractivity contribution is 5.64. The molecule has 0 unspecified atom stereocenters. The normalized spacial score (nSPS) is 15.8. The summed E-state index contributed by atoms with van der Waals surface area (Å²) in [6.45, 7) is 6.20. The van der Waals surface area contributed by atoms with Gasteiger partial charge in [-0.05, 0) is 36.2 Å². The maximum Gasteiger partial charge on any atom is 0.253 e.